The van der Waals surface area contributed by atoms with Crippen molar-refractivity contribution in [2.45, 2.75) is 77.2 Å². The molecule has 1 unspecified atom stereocenters. The van der Waals surface area contributed by atoms with E-state index in [1.54, 1.807) is 0 Å². The van der Waals surface area contributed by atoms with Crippen molar-refractivity contribution in [2.75, 3.05) is 19.6 Å². The number of hydrogen-bond acceptors (Lipinski definition) is 2. The molecule has 1 spiro atoms. The van der Waals surface area contributed by atoms with Crippen LogP contribution in [0.1, 0.15) is 71.6 Å². The Balaban J connectivity index is 1.98. The number of likely N-dealkylation sites (tertiary alicyclic amines) is 1. The van der Waals surface area contributed by atoms with Gasteiger partial charge in [-0.2, -0.15) is 0 Å². The van der Waals surface area contributed by atoms with Crippen LogP contribution in [0.3, 0.4) is 0 Å². The van der Waals surface area contributed by atoms with Crippen molar-refractivity contribution in [1.29, 1.82) is 0 Å². The molecule has 0 radical (unpaired) electrons. The summed E-state index contributed by atoms with van der Waals surface area (Å²) in [5, 5.41) is 0. The number of piperidine rings is 1. The highest BCUT2D eigenvalue weighted by Gasteiger charge is 2.41. The summed E-state index contributed by atoms with van der Waals surface area (Å²) in [4.78, 5) is 2.74. The summed E-state index contributed by atoms with van der Waals surface area (Å²) in [6, 6.07) is 0. The maximum atomic E-state index is 6.14. The summed E-state index contributed by atoms with van der Waals surface area (Å²) >= 11 is 0. The van der Waals surface area contributed by atoms with Gasteiger partial charge < -0.3 is 5.73 Å². The van der Waals surface area contributed by atoms with E-state index in [0.29, 0.717) is 5.54 Å². The molecule has 0 aromatic rings. The molecular formula is C16H32N2. The summed E-state index contributed by atoms with van der Waals surface area (Å²) in [5.41, 5.74) is 7.17. The van der Waals surface area contributed by atoms with E-state index in [0.717, 1.165) is 12.0 Å². The first-order valence-electron chi connectivity index (χ1n) is 8.15. The number of nitrogens with two attached hydrogens (primary N) is 1. The fourth-order valence-corrected chi connectivity index (χ4v) is 4.48. The highest BCUT2D eigenvalue weighted by molar-refractivity contribution is 4.97. The molecule has 1 aliphatic carbocycles. The molecule has 1 atom stereocenters. The Kier molecular flexibility index (Phi) is 4.71. The zero-order chi connectivity index (χ0) is 13.1. The lowest BCUT2D eigenvalue weighted by Gasteiger charge is -2.49. The first kappa shape index (κ1) is 14.3. The topological polar surface area (TPSA) is 29.3 Å². The van der Waals surface area contributed by atoms with Crippen LogP contribution in [0.5, 0.6) is 0 Å². The van der Waals surface area contributed by atoms with Crippen molar-refractivity contribution in [3.63, 3.8) is 0 Å². The highest BCUT2D eigenvalue weighted by Crippen LogP contribution is 2.47. The van der Waals surface area contributed by atoms with Crippen molar-refractivity contribution in [3.05, 3.63) is 0 Å². The van der Waals surface area contributed by atoms with Crippen LogP contribution in [0, 0.1) is 5.41 Å². The van der Waals surface area contributed by atoms with E-state index in [2.05, 4.69) is 18.7 Å². The van der Waals surface area contributed by atoms with Crippen molar-refractivity contribution >= 4 is 0 Å². The first-order valence-corrected chi connectivity index (χ1v) is 8.15. The van der Waals surface area contributed by atoms with E-state index >= 15 is 0 Å². The van der Waals surface area contributed by atoms with Gasteiger partial charge in [0.15, 0.2) is 0 Å². The molecule has 2 N–H and O–H groups in total. The molecule has 2 rings (SSSR count). The summed E-state index contributed by atoms with van der Waals surface area (Å²) in [6.07, 6.45) is 12.5. The van der Waals surface area contributed by atoms with Gasteiger partial charge in [-0.05, 0) is 57.0 Å². The van der Waals surface area contributed by atoms with Crippen molar-refractivity contribution < 1.29 is 0 Å². The Hall–Kier alpha value is -0.0800. The van der Waals surface area contributed by atoms with Gasteiger partial charge in [0.1, 0.15) is 0 Å². The Labute approximate surface area is 113 Å². The monoisotopic (exact) mass is 252 g/mol. The molecule has 1 aliphatic heterocycles. The molecule has 2 nitrogen and oxygen atoms in total. The van der Waals surface area contributed by atoms with Crippen LogP contribution in [0.15, 0.2) is 0 Å². The lowest BCUT2D eigenvalue weighted by atomic mass is 9.75. The second-order valence-electron chi connectivity index (χ2n) is 6.73. The van der Waals surface area contributed by atoms with E-state index in [1.165, 1.54) is 70.9 Å². The van der Waals surface area contributed by atoms with Gasteiger partial charge >= 0.3 is 0 Å². The van der Waals surface area contributed by atoms with Crippen LogP contribution in [0.2, 0.25) is 0 Å². The molecule has 2 aliphatic rings. The molecule has 1 heterocycles. The molecule has 0 bridgehead atoms. The second-order valence-corrected chi connectivity index (χ2v) is 6.73. The van der Waals surface area contributed by atoms with Crippen molar-refractivity contribution in [1.82, 2.24) is 4.90 Å². The van der Waals surface area contributed by atoms with Crippen molar-refractivity contribution in [2.24, 2.45) is 11.1 Å². The van der Waals surface area contributed by atoms with E-state index in [4.69, 9.17) is 5.73 Å². The third-order valence-electron chi connectivity index (χ3n) is 5.91. The molecular weight excluding hydrogens is 220 g/mol. The molecule has 1 saturated heterocycles. The summed E-state index contributed by atoms with van der Waals surface area (Å²) in [6.45, 7) is 8.05. The summed E-state index contributed by atoms with van der Waals surface area (Å²) in [5.74, 6) is 0. The largest absolute Gasteiger partial charge is 0.329 e. The average Bonchev–Trinajstić information content (AvgIpc) is 2.86. The quantitative estimate of drug-likeness (QED) is 0.811. The van der Waals surface area contributed by atoms with Gasteiger partial charge in [0.2, 0.25) is 0 Å². The fraction of sp³-hybridized carbons (Fsp3) is 1.00. The zero-order valence-electron chi connectivity index (χ0n) is 12.5. The van der Waals surface area contributed by atoms with E-state index in [9.17, 15) is 0 Å². The van der Waals surface area contributed by atoms with E-state index in [1.807, 2.05) is 0 Å². The molecule has 0 aromatic carbocycles. The minimum Gasteiger partial charge on any atom is -0.329 e. The maximum absolute atomic E-state index is 6.14. The predicted octanol–water partition coefficient (Wildman–Crippen LogP) is 3.55. The zero-order valence-corrected chi connectivity index (χ0v) is 12.5. The van der Waals surface area contributed by atoms with Gasteiger partial charge in [-0.15, -0.1) is 0 Å². The van der Waals surface area contributed by atoms with E-state index < -0.39 is 0 Å². The average molecular weight is 252 g/mol. The van der Waals surface area contributed by atoms with Gasteiger partial charge in [-0.1, -0.05) is 33.1 Å². The summed E-state index contributed by atoms with van der Waals surface area (Å²) in [7, 11) is 0. The molecule has 18 heavy (non-hydrogen) atoms. The molecule has 106 valence electrons. The van der Waals surface area contributed by atoms with Gasteiger partial charge in [-0.25, -0.2) is 0 Å². The molecule has 2 heteroatoms. The van der Waals surface area contributed by atoms with Gasteiger partial charge in [0.05, 0.1) is 0 Å². The maximum Gasteiger partial charge on any atom is 0.0329 e. The van der Waals surface area contributed by atoms with Crippen LogP contribution in [-0.4, -0.2) is 30.1 Å². The fourth-order valence-electron chi connectivity index (χ4n) is 4.48. The standard InChI is InChI=1S/C16H32N2/c1-3-7-16(4-2,14-17)18-12-10-15(11-13-18)8-5-6-9-15/h3-14,17H2,1-2H3. The highest BCUT2D eigenvalue weighted by atomic mass is 15.2. The van der Waals surface area contributed by atoms with Gasteiger partial charge in [0.25, 0.3) is 0 Å². The lowest BCUT2D eigenvalue weighted by molar-refractivity contribution is 0.0141. The minimum atomic E-state index is 0.301. The molecule has 0 amide bonds. The van der Waals surface area contributed by atoms with Crippen LogP contribution in [0.4, 0.5) is 0 Å². The SMILES string of the molecule is CCCC(CC)(CN)N1CCC2(CCCC2)CC1. The Bertz CT molecular complexity index is 242. The Morgan fingerprint density at radius 2 is 1.67 bits per heavy atom. The smallest absolute Gasteiger partial charge is 0.0329 e. The number of hydrogen-bond donors (Lipinski definition) is 1. The van der Waals surface area contributed by atoms with Gasteiger partial charge in [-0.3, -0.25) is 4.90 Å². The van der Waals surface area contributed by atoms with Crippen LogP contribution < -0.4 is 5.73 Å². The number of nitrogens with zero attached hydrogens (tertiary/aromatic N) is 1. The lowest BCUT2D eigenvalue weighted by Crippen LogP contribution is -2.57. The first-order chi connectivity index (χ1) is 8.70. The molecule has 1 saturated carbocycles. The normalized spacial score (nSPS) is 27.5. The number of rotatable bonds is 5. The minimum absolute atomic E-state index is 0.301. The van der Waals surface area contributed by atoms with E-state index in [-0.39, 0.29) is 0 Å². The van der Waals surface area contributed by atoms with Crippen LogP contribution in [-0.2, 0) is 0 Å². The van der Waals surface area contributed by atoms with Crippen LogP contribution >= 0.6 is 0 Å². The Morgan fingerprint density at radius 3 is 2.11 bits per heavy atom. The van der Waals surface area contributed by atoms with Gasteiger partial charge in [0, 0.05) is 12.1 Å². The third-order valence-corrected chi connectivity index (χ3v) is 5.91. The molecule has 0 aromatic heterocycles. The molecule has 2 fully saturated rings. The summed E-state index contributed by atoms with van der Waals surface area (Å²) < 4.78 is 0. The predicted molar refractivity (Wildman–Crippen MR) is 78.7 cm³/mol. The second kappa shape index (κ2) is 5.92. The Morgan fingerprint density at radius 1 is 1.06 bits per heavy atom. The van der Waals surface area contributed by atoms with Crippen molar-refractivity contribution in [3.8, 4) is 0 Å². The third kappa shape index (κ3) is 2.60. The van der Waals surface area contributed by atoms with Crippen LogP contribution in [0.25, 0.3) is 0 Å².